The average Bonchev–Trinajstić information content (AvgIpc) is 2.88. The van der Waals surface area contributed by atoms with Gasteiger partial charge in [0, 0.05) is 45.9 Å². The van der Waals surface area contributed by atoms with Crippen LogP contribution in [0.25, 0.3) is 38.8 Å². The first-order valence-electron chi connectivity index (χ1n) is 11.7. The van der Waals surface area contributed by atoms with E-state index in [1.165, 1.54) is 6.26 Å². The molecule has 0 amide bonds. The standard InChI is InChI=1S/C30H25ClN2O3S/c1-30(2,37(3,35)36)23-18-22-9-5-15-32-28(22)27(19-23)21-8-4-7-20(17-21)26-10-6-16-33(29(26)34)25-13-11-24(31)12-14-25/h4-19H,1-3H3. The number of aromatic nitrogens is 2. The summed E-state index contributed by atoms with van der Waals surface area (Å²) in [6.07, 6.45) is 4.70. The highest BCUT2D eigenvalue weighted by Crippen LogP contribution is 2.37. The topological polar surface area (TPSA) is 69.0 Å². The Morgan fingerprint density at radius 1 is 0.838 bits per heavy atom. The van der Waals surface area contributed by atoms with Crippen LogP contribution in [0.4, 0.5) is 0 Å². The van der Waals surface area contributed by atoms with Crippen molar-refractivity contribution < 1.29 is 8.42 Å². The van der Waals surface area contributed by atoms with Crippen LogP contribution < -0.4 is 5.56 Å². The monoisotopic (exact) mass is 528 g/mol. The molecule has 0 spiro atoms. The Labute approximate surface area is 220 Å². The summed E-state index contributed by atoms with van der Waals surface area (Å²) >= 11 is 6.02. The zero-order valence-corrected chi connectivity index (χ0v) is 22.2. The van der Waals surface area contributed by atoms with E-state index in [0.717, 1.165) is 33.3 Å². The molecule has 5 aromatic rings. The Balaban J connectivity index is 1.69. The molecule has 0 atom stereocenters. The van der Waals surface area contributed by atoms with Crippen LogP contribution in [0.2, 0.25) is 5.02 Å². The average molecular weight is 529 g/mol. The second-order valence-corrected chi connectivity index (χ2v) is 12.5. The van der Waals surface area contributed by atoms with Gasteiger partial charge in [-0.3, -0.25) is 14.3 Å². The Bertz CT molecular complexity index is 1810. The molecule has 186 valence electrons. The van der Waals surface area contributed by atoms with E-state index < -0.39 is 14.6 Å². The van der Waals surface area contributed by atoms with Crippen molar-refractivity contribution in [1.82, 2.24) is 9.55 Å². The predicted molar refractivity (Wildman–Crippen MR) is 151 cm³/mol. The molecule has 2 aromatic heterocycles. The molecular weight excluding hydrogens is 504 g/mol. The minimum absolute atomic E-state index is 0.156. The Kier molecular flexibility index (Phi) is 6.26. The first-order chi connectivity index (χ1) is 17.6. The highest BCUT2D eigenvalue weighted by Gasteiger charge is 2.33. The molecule has 0 saturated heterocycles. The van der Waals surface area contributed by atoms with Crippen LogP contribution in [-0.2, 0) is 14.6 Å². The fraction of sp³-hybridized carbons (Fsp3) is 0.133. The van der Waals surface area contributed by atoms with Gasteiger partial charge in [0.15, 0.2) is 9.84 Å². The van der Waals surface area contributed by atoms with Gasteiger partial charge in [-0.25, -0.2) is 8.42 Å². The quantitative estimate of drug-likeness (QED) is 0.256. The first-order valence-corrected chi connectivity index (χ1v) is 14.0. The number of hydrogen-bond donors (Lipinski definition) is 0. The lowest BCUT2D eigenvalue weighted by atomic mass is 9.92. The number of benzene rings is 3. The van der Waals surface area contributed by atoms with E-state index in [-0.39, 0.29) is 5.56 Å². The van der Waals surface area contributed by atoms with E-state index in [4.69, 9.17) is 11.6 Å². The largest absolute Gasteiger partial charge is 0.284 e. The van der Waals surface area contributed by atoms with Gasteiger partial charge in [0.05, 0.1) is 10.3 Å². The third kappa shape index (κ3) is 4.59. The maximum absolute atomic E-state index is 13.5. The smallest absolute Gasteiger partial charge is 0.262 e. The van der Waals surface area contributed by atoms with Crippen molar-refractivity contribution in [1.29, 1.82) is 0 Å². The maximum Gasteiger partial charge on any atom is 0.262 e. The summed E-state index contributed by atoms with van der Waals surface area (Å²) in [5, 5.41) is 1.45. The summed E-state index contributed by atoms with van der Waals surface area (Å²) in [6, 6.07) is 26.0. The van der Waals surface area contributed by atoms with Crippen molar-refractivity contribution >= 4 is 32.3 Å². The molecule has 0 aliphatic heterocycles. The van der Waals surface area contributed by atoms with E-state index in [9.17, 15) is 13.2 Å². The second kappa shape index (κ2) is 9.29. The molecule has 5 rings (SSSR count). The Morgan fingerprint density at radius 2 is 1.54 bits per heavy atom. The minimum Gasteiger partial charge on any atom is -0.284 e. The zero-order valence-electron chi connectivity index (χ0n) is 20.6. The molecule has 0 aliphatic rings. The molecule has 7 heteroatoms. The van der Waals surface area contributed by atoms with Gasteiger partial charge in [-0.15, -0.1) is 0 Å². The summed E-state index contributed by atoms with van der Waals surface area (Å²) in [6.45, 7) is 3.42. The first kappa shape index (κ1) is 24.9. The molecular formula is C30H25ClN2O3S. The van der Waals surface area contributed by atoms with Gasteiger partial charge in [-0.05, 0) is 91.2 Å². The number of sulfone groups is 1. The highest BCUT2D eigenvalue weighted by molar-refractivity contribution is 7.91. The summed E-state index contributed by atoms with van der Waals surface area (Å²) in [5.74, 6) is 0. The molecule has 2 heterocycles. The van der Waals surface area contributed by atoms with Crippen LogP contribution in [-0.4, -0.2) is 24.2 Å². The van der Waals surface area contributed by atoms with Crippen molar-refractivity contribution in [2.75, 3.05) is 6.26 Å². The van der Waals surface area contributed by atoms with Crippen molar-refractivity contribution in [2.24, 2.45) is 0 Å². The van der Waals surface area contributed by atoms with E-state index >= 15 is 0 Å². The summed E-state index contributed by atoms with van der Waals surface area (Å²) < 4.78 is 25.7. The van der Waals surface area contributed by atoms with E-state index in [2.05, 4.69) is 4.98 Å². The molecule has 0 bridgehead atoms. The number of halogens is 1. The van der Waals surface area contributed by atoms with Gasteiger partial charge in [-0.1, -0.05) is 35.9 Å². The van der Waals surface area contributed by atoms with Gasteiger partial charge < -0.3 is 0 Å². The lowest BCUT2D eigenvalue weighted by molar-refractivity contribution is 0.561. The van der Waals surface area contributed by atoms with Crippen LogP contribution in [0.3, 0.4) is 0 Å². The molecule has 0 N–H and O–H groups in total. The van der Waals surface area contributed by atoms with Crippen LogP contribution >= 0.6 is 11.6 Å². The maximum atomic E-state index is 13.5. The molecule has 5 nitrogen and oxygen atoms in total. The minimum atomic E-state index is -3.39. The number of rotatable bonds is 5. The summed E-state index contributed by atoms with van der Waals surface area (Å²) in [4.78, 5) is 18.1. The van der Waals surface area contributed by atoms with Crippen molar-refractivity contribution in [3.8, 4) is 27.9 Å². The number of fused-ring (bicyclic) bond motifs is 1. The van der Waals surface area contributed by atoms with Crippen molar-refractivity contribution in [3.05, 3.63) is 118 Å². The molecule has 0 fully saturated rings. The van der Waals surface area contributed by atoms with Crippen LogP contribution in [0.1, 0.15) is 19.4 Å². The van der Waals surface area contributed by atoms with Crippen LogP contribution in [0.15, 0.2) is 102 Å². The molecule has 0 aliphatic carbocycles. The fourth-order valence-corrected chi connectivity index (χ4v) is 5.02. The third-order valence-electron chi connectivity index (χ3n) is 6.86. The van der Waals surface area contributed by atoms with E-state index in [0.29, 0.717) is 16.1 Å². The SMILES string of the molecule is CC(C)(c1cc(-c2cccc(-c3cccn(-c4ccc(Cl)cc4)c3=O)c2)c2ncccc2c1)S(C)(=O)=O. The van der Waals surface area contributed by atoms with Crippen LogP contribution in [0.5, 0.6) is 0 Å². The molecule has 37 heavy (non-hydrogen) atoms. The summed E-state index contributed by atoms with van der Waals surface area (Å²) in [7, 11) is -3.39. The molecule has 0 unspecified atom stereocenters. The van der Waals surface area contributed by atoms with E-state index in [1.807, 2.05) is 54.6 Å². The number of nitrogens with zero attached hydrogens (tertiary/aromatic N) is 2. The third-order valence-corrected chi connectivity index (χ3v) is 9.21. The molecule has 3 aromatic carbocycles. The van der Waals surface area contributed by atoms with Gasteiger partial charge in [0.25, 0.3) is 5.56 Å². The lowest BCUT2D eigenvalue weighted by Crippen LogP contribution is -2.28. The predicted octanol–water partition coefficient (Wildman–Crippen LogP) is 6.65. The fourth-order valence-electron chi connectivity index (χ4n) is 4.35. The van der Waals surface area contributed by atoms with Gasteiger partial charge in [0.2, 0.25) is 0 Å². The number of hydrogen-bond acceptors (Lipinski definition) is 4. The normalized spacial score (nSPS) is 12.1. The second-order valence-electron chi connectivity index (χ2n) is 9.54. The summed E-state index contributed by atoms with van der Waals surface area (Å²) in [5.41, 5.74) is 4.96. The van der Waals surface area contributed by atoms with Crippen molar-refractivity contribution in [2.45, 2.75) is 18.6 Å². The van der Waals surface area contributed by atoms with Crippen molar-refractivity contribution in [3.63, 3.8) is 0 Å². The molecule has 0 radical (unpaired) electrons. The Hall–Kier alpha value is -3.74. The molecule has 0 saturated carbocycles. The zero-order chi connectivity index (χ0) is 26.4. The van der Waals surface area contributed by atoms with Crippen LogP contribution in [0, 0.1) is 0 Å². The van der Waals surface area contributed by atoms with E-state index in [1.54, 1.807) is 61.1 Å². The highest BCUT2D eigenvalue weighted by atomic mass is 35.5. The van der Waals surface area contributed by atoms with Gasteiger partial charge in [0.1, 0.15) is 0 Å². The van der Waals surface area contributed by atoms with Gasteiger partial charge >= 0.3 is 0 Å². The lowest BCUT2D eigenvalue weighted by Gasteiger charge is -2.24. The number of pyridine rings is 2. The van der Waals surface area contributed by atoms with Gasteiger partial charge in [-0.2, -0.15) is 0 Å². The Morgan fingerprint density at radius 3 is 2.24 bits per heavy atom.